The number of benzene rings is 2. The number of ether oxygens (including phenoxy) is 1. The van der Waals surface area contributed by atoms with Gasteiger partial charge in [-0.1, -0.05) is 36.4 Å². The molecule has 5 heteroatoms. The smallest absolute Gasteiger partial charge is 0.223 e. The molecule has 0 radical (unpaired) electrons. The molecule has 1 amide bonds. The van der Waals surface area contributed by atoms with Crippen LogP contribution in [0, 0.1) is 11.3 Å². The van der Waals surface area contributed by atoms with E-state index in [9.17, 15) is 4.79 Å². The van der Waals surface area contributed by atoms with Crippen LogP contribution in [0.2, 0.25) is 0 Å². The Morgan fingerprint density at radius 1 is 1.08 bits per heavy atom. The van der Waals surface area contributed by atoms with E-state index in [-0.39, 0.29) is 29.6 Å². The van der Waals surface area contributed by atoms with E-state index in [1.54, 1.807) is 0 Å². The lowest BCUT2D eigenvalue weighted by Crippen LogP contribution is -2.33. The molecular formula is C21H25ClN2O2. The third-order valence-corrected chi connectivity index (χ3v) is 5.50. The van der Waals surface area contributed by atoms with Gasteiger partial charge in [0.2, 0.25) is 5.91 Å². The summed E-state index contributed by atoms with van der Waals surface area (Å²) < 4.78 is 5.97. The molecule has 2 fully saturated rings. The second kappa shape index (κ2) is 8.11. The van der Waals surface area contributed by atoms with Crippen molar-refractivity contribution >= 4 is 18.3 Å². The number of hydrogen-bond donors (Lipinski definition) is 2. The van der Waals surface area contributed by atoms with Crippen molar-refractivity contribution in [1.82, 2.24) is 10.6 Å². The van der Waals surface area contributed by atoms with Crippen molar-refractivity contribution in [3.63, 3.8) is 0 Å². The quantitative estimate of drug-likeness (QED) is 0.836. The molecular weight excluding hydrogens is 348 g/mol. The summed E-state index contributed by atoms with van der Waals surface area (Å²) in [6.45, 7) is 2.59. The van der Waals surface area contributed by atoms with Gasteiger partial charge in [0.15, 0.2) is 0 Å². The van der Waals surface area contributed by atoms with E-state index in [0.29, 0.717) is 6.54 Å². The van der Waals surface area contributed by atoms with Crippen molar-refractivity contribution in [2.24, 2.45) is 11.3 Å². The first-order chi connectivity index (χ1) is 12.3. The maximum Gasteiger partial charge on any atom is 0.223 e. The third-order valence-electron chi connectivity index (χ3n) is 5.50. The first-order valence-corrected chi connectivity index (χ1v) is 9.06. The summed E-state index contributed by atoms with van der Waals surface area (Å²) in [6, 6.07) is 17.6. The lowest BCUT2D eigenvalue weighted by molar-refractivity contribution is -0.123. The van der Waals surface area contributed by atoms with Crippen molar-refractivity contribution in [3.8, 4) is 11.5 Å². The number of amides is 1. The van der Waals surface area contributed by atoms with Gasteiger partial charge in [-0.2, -0.15) is 0 Å². The van der Waals surface area contributed by atoms with Gasteiger partial charge in [-0.3, -0.25) is 4.79 Å². The van der Waals surface area contributed by atoms with Crippen LogP contribution in [0.15, 0.2) is 54.6 Å². The Bertz CT molecular complexity index is 745. The van der Waals surface area contributed by atoms with E-state index in [2.05, 4.69) is 10.6 Å². The van der Waals surface area contributed by atoms with Gasteiger partial charge >= 0.3 is 0 Å². The second-order valence-electron chi connectivity index (χ2n) is 7.11. The predicted octanol–water partition coefficient (Wildman–Crippen LogP) is 3.91. The first kappa shape index (κ1) is 18.7. The average Bonchev–Trinajstić information content (AvgIpc) is 3.35. The molecule has 2 aromatic carbocycles. The zero-order valence-electron chi connectivity index (χ0n) is 14.7. The van der Waals surface area contributed by atoms with E-state index in [1.807, 2.05) is 54.6 Å². The molecule has 0 aromatic heterocycles. The molecule has 1 aliphatic carbocycles. The minimum Gasteiger partial charge on any atom is -0.457 e. The van der Waals surface area contributed by atoms with Gasteiger partial charge in [0.1, 0.15) is 11.5 Å². The molecule has 138 valence electrons. The molecule has 2 N–H and O–H groups in total. The zero-order valence-corrected chi connectivity index (χ0v) is 15.6. The Hall–Kier alpha value is -2.04. The van der Waals surface area contributed by atoms with Crippen LogP contribution < -0.4 is 15.4 Å². The van der Waals surface area contributed by atoms with Crippen molar-refractivity contribution in [2.45, 2.75) is 25.8 Å². The summed E-state index contributed by atoms with van der Waals surface area (Å²) >= 11 is 0. The van der Waals surface area contributed by atoms with Crippen LogP contribution in [0.3, 0.4) is 0 Å². The average molecular weight is 373 g/mol. The van der Waals surface area contributed by atoms with Crippen LogP contribution in [0.5, 0.6) is 11.5 Å². The monoisotopic (exact) mass is 372 g/mol. The van der Waals surface area contributed by atoms with E-state index in [4.69, 9.17) is 4.74 Å². The number of nitrogens with one attached hydrogen (secondary N) is 2. The Balaban J connectivity index is 0.00000196. The standard InChI is InChI=1S/C21H24N2O2.ClH/c24-20(18-14-21(18)10-12-22-13-11-21)23-15-16-6-4-5-9-19(16)25-17-7-2-1-3-8-17;/h1-9,18,22H,10-15H2,(H,23,24);1H. The number of para-hydroxylation sites is 2. The maximum absolute atomic E-state index is 12.5. The molecule has 1 unspecified atom stereocenters. The third kappa shape index (κ3) is 4.02. The van der Waals surface area contributed by atoms with Gasteiger partial charge in [0.05, 0.1) is 0 Å². The van der Waals surface area contributed by atoms with Gasteiger partial charge in [-0.15, -0.1) is 12.4 Å². The normalized spacial score (nSPS) is 20.1. The van der Waals surface area contributed by atoms with Crippen molar-refractivity contribution < 1.29 is 9.53 Å². The highest BCUT2D eigenvalue weighted by atomic mass is 35.5. The van der Waals surface area contributed by atoms with Crippen LogP contribution in [-0.4, -0.2) is 19.0 Å². The number of hydrogen-bond acceptors (Lipinski definition) is 3. The van der Waals surface area contributed by atoms with E-state index < -0.39 is 0 Å². The summed E-state index contributed by atoms with van der Waals surface area (Å²) in [5, 5.41) is 6.50. The fourth-order valence-corrected chi connectivity index (χ4v) is 3.87. The number of rotatable bonds is 5. The van der Waals surface area contributed by atoms with Gasteiger partial charge in [0, 0.05) is 18.0 Å². The molecule has 26 heavy (non-hydrogen) atoms. The van der Waals surface area contributed by atoms with E-state index in [1.165, 1.54) is 0 Å². The van der Waals surface area contributed by atoms with Gasteiger partial charge in [-0.25, -0.2) is 0 Å². The molecule has 1 saturated carbocycles. The summed E-state index contributed by atoms with van der Waals surface area (Å²) in [4.78, 5) is 12.5. The van der Waals surface area contributed by atoms with Crippen LogP contribution in [0.25, 0.3) is 0 Å². The highest BCUT2D eigenvalue weighted by molar-refractivity contribution is 5.85. The molecule has 4 nitrogen and oxygen atoms in total. The molecule has 1 saturated heterocycles. The van der Waals surface area contributed by atoms with Crippen molar-refractivity contribution in [2.75, 3.05) is 13.1 Å². The minimum absolute atomic E-state index is 0. The summed E-state index contributed by atoms with van der Waals surface area (Å²) in [6.07, 6.45) is 3.29. The van der Waals surface area contributed by atoms with Crippen molar-refractivity contribution in [1.29, 1.82) is 0 Å². The number of carbonyl (C=O) groups is 1. The molecule has 2 aliphatic rings. The van der Waals surface area contributed by atoms with Crippen LogP contribution in [0.4, 0.5) is 0 Å². The molecule has 0 bridgehead atoms. The van der Waals surface area contributed by atoms with E-state index in [0.717, 1.165) is 49.4 Å². The second-order valence-corrected chi connectivity index (χ2v) is 7.11. The maximum atomic E-state index is 12.5. The zero-order chi connectivity index (χ0) is 17.1. The van der Waals surface area contributed by atoms with Crippen LogP contribution >= 0.6 is 12.4 Å². The number of piperidine rings is 1. The van der Waals surface area contributed by atoms with Gasteiger partial charge in [-0.05, 0) is 56.0 Å². The Morgan fingerprint density at radius 2 is 1.77 bits per heavy atom. The lowest BCUT2D eigenvalue weighted by Gasteiger charge is -2.23. The molecule has 1 atom stereocenters. The fourth-order valence-electron chi connectivity index (χ4n) is 3.87. The van der Waals surface area contributed by atoms with Crippen LogP contribution in [0.1, 0.15) is 24.8 Å². The largest absolute Gasteiger partial charge is 0.457 e. The first-order valence-electron chi connectivity index (χ1n) is 9.06. The minimum atomic E-state index is 0. The fraction of sp³-hybridized carbons (Fsp3) is 0.381. The lowest BCUT2D eigenvalue weighted by atomic mass is 9.92. The number of halogens is 1. The Morgan fingerprint density at radius 3 is 2.54 bits per heavy atom. The summed E-state index contributed by atoms with van der Waals surface area (Å²) in [7, 11) is 0. The highest BCUT2D eigenvalue weighted by Crippen LogP contribution is 2.58. The summed E-state index contributed by atoms with van der Waals surface area (Å²) in [5.41, 5.74) is 1.27. The molecule has 2 aromatic rings. The number of carbonyl (C=O) groups excluding carboxylic acids is 1. The Kier molecular flexibility index (Phi) is 5.84. The highest BCUT2D eigenvalue weighted by Gasteiger charge is 2.57. The topological polar surface area (TPSA) is 50.4 Å². The summed E-state index contributed by atoms with van der Waals surface area (Å²) in [5.74, 6) is 1.98. The molecule has 1 spiro atoms. The predicted molar refractivity (Wildman–Crippen MR) is 105 cm³/mol. The van der Waals surface area contributed by atoms with Crippen LogP contribution in [-0.2, 0) is 11.3 Å². The SMILES string of the molecule is Cl.O=C(NCc1ccccc1Oc1ccccc1)C1CC12CCNCC2. The molecule has 1 heterocycles. The van der Waals surface area contributed by atoms with Gasteiger partial charge in [0.25, 0.3) is 0 Å². The van der Waals surface area contributed by atoms with Gasteiger partial charge < -0.3 is 15.4 Å². The Labute approximate surface area is 160 Å². The molecule has 1 aliphatic heterocycles. The molecule has 4 rings (SSSR count). The van der Waals surface area contributed by atoms with Crippen molar-refractivity contribution in [3.05, 3.63) is 60.2 Å². The van der Waals surface area contributed by atoms with E-state index >= 15 is 0 Å².